The summed E-state index contributed by atoms with van der Waals surface area (Å²) in [7, 11) is 0. The van der Waals surface area contributed by atoms with Crippen LogP contribution in [-0.2, 0) is 0 Å². The van der Waals surface area contributed by atoms with Crippen molar-refractivity contribution >= 4 is 5.69 Å². The summed E-state index contributed by atoms with van der Waals surface area (Å²) in [5, 5.41) is 29.0. The number of halogens is 1. The first-order chi connectivity index (χ1) is 9.19. The molecule has 1 aliphatic rings. The Hall–Kier alpha value is -2.84. The Morgan fingerprint density at radius 3 is 2.37 bits per heavy atom. The lowest BCUT2D eigenvalue weighted by Gasteiger charge is -2.07. The van der Waals surface area contributed by atoms with Crippen LogP contribution in [0.15, 0.2) is 29.5 Å². The number of benzene rings is 1. The molecule has 0 saturated heterocycles. The van der Waals surface area contributed by atoms with Crippen LogP contribution in [0.4, 0.5) is 10.1 Å². The van der Waals surface area contributed by atoms with Gasteiger partial charge in [0.15, 0.2) is 5.57 Å². The summed E-state index contributed by atoms with van der Waals surface area (Å²) in [6.45, 7) is 0. The number of nitriles is 3. The third-order valence-electron chi connectivity index (χ3n) is 2.87. The van der Waals surface area contributed by atoms with E-state index in [4.69, 9.17) is 15.8 Å². The first-order valence-corrected chi connectivity index (χ1v) is 5.70. The van der Waals surface area contributed by atoms with Crippen LogP contribution in [-0.4, -0.2) is 0 Å². The minimum atomic E-state index is -0.292. The van der Waals surface area contributed by atoms with E-state index in [1.54, 1.807) is 24.3 Å². The third kappa shape index (κ3) is 2.70. The molecule has 0 bridgehead atoms. The maximum absolute atomic E-state index is 13.6. The van der Waals surface area contributed by atoms with Crippen molar-refractivity contribution in [3.05, 3.63) is 40.8 Å². The van der Waals surface area contributed by atoms with Crippen molar-refractivity contribution in [3.63, 3.8) is 0 Å². The zero-order valence-electron chi connectivity index (χ0n) is 9.94. The monoisotopic (exact) mass is 252 g/mol. The van der Waals surface area contributed by atoms with Crippen LogP contribution in [0.1, 0.15) is 24.3 Å². The molecule has 1 aromatic carbocycles. The number of rotatable bonds is 3. The number of allylic oxidation sites excluding steroid dienone is 2. The molecule has 92 valence electrons. The van der Waals surface area contributed by atoms with Gasteiger partial charge in [-0.3, -0.25) is 0 Å². The summed E-state index contributed by atoms with van der Waals surface area (Å²) < 4.78 is 13.6. The van der Waals surface area contributed by atoms with Crippen molar-refractivity contribution in [2.75, 3.05) is 5.32 Å². The third-order valence-corrected chi connectivity index (χ3v) is 2.87. The summed E-state index contributed by atoms with van der Waals surface area (Å²) in [5.41, 5.74) is 0.693. The Morgan fingerprint density at radius 1 is 1.16 bits per heavy atom. The molecule has 0 heterocycles. The lowest BCUT2D eigenvalue weighted by Crippen LogP contribution is -2.01. The van der Waals surface area contributed by atoms with Crippen molar-refractivity contribution < 1.29 is 4.39 Å². The molecular weight excluding hydrogens is 243 g/mol. The molecule has 1 N–H and O–H groups in total. The maximum atomic E-state index is 13.6. The molecule has 1 aromatic rings. The predicted molar refractivity (Wildman–Crippen MR) is 65.9 cm³/mol. The Labute approximate surface area is 110 Å². The first kappa shape index (κ1) is 12.6. The molecule has 2 rings (SSSR count). The van der Waals surface area contributed by atoms with Crippen molar-refractivity contribution in [2.24, 2.45) is 0 Å². The second-order valence-electron chi connectivity index (χ2n) is 4.22. The number of hydrogen-bond donors (Lipinski definition) is 1. The predicted octanol–water partition coefficient (Wildman–Crippen LogP) is 2.94. The Kier molecular flexibility index (Phi) is 3.46. The van der Waals surface area contributed by atoms with Gasteiger partial charge in [0.25, 0.3) is 0 Å². The van der Waals surface area contributed by atoms with E-state index in [9.17, 15) is 4.39 Å². The van der Waals surface area contributed by atoms with Gasteiger partial charge in [0.05, 0.1) is 0 Å². The first-order valence-electron chi connectivity index (χ1n) is 5.70. The molecule has 0 spiro atoms. The fourth-order valence-corrected chi connectivity index (χ4v) is 1.76. The molecule has 0 aromatic heterocycles. The second-order valence-corrected chi connectivity index (χ2v) is 4.22. The van der Waals surface area contributed by atoms with Crippen molar-refractivity contribution in [3.8, 4) is 18.2 Å². The van der Waals surface area contributed by atoms with E-state index in [1.165, 1.54) is 12.1 Å². The van der Waals surface area contributed by atoms with Crippen LogP contribution >= 0.6 is 0 Å². The van der Waals surface area contributed by atoms with Gasteiger partial charge in [-0.2, -0.15) is 15.8 Å². The number of anilines is 1. The van der Waals surface area contributed by atoms with Gasteiger partial charge in [-0.1, -0.05) is 0 Å². The maximum Gasteiger partial charge on any atom is 0.163 e. The molecule has 0 unspecified atom stereocenters. The highest BCUT2D eigenvalue weighted by Gasteiger charge is 2.26. The highest BCUT2D eigenvalue weighted by Crippen LogP contribution is 2.42. The molecule has 0 aliphatic heterocycles. The fraction of sp³-hybridized carbons (Fsp3) is 0.214. The quantitative estimate of drug-likeness (QED) is 0.838. The van der Waals surface area contributed by atoms with Gasteiger partial charge >= 0.3 is 0 Å². The van der Waals surface area contributed by atoms with Gasteiger partial charge in [0, 0.05) is 5.69 Å². The van der Waals surface area contributed by atoms with E-state index in [1.807, 2.05) is 0 Å². The molecule has 5 heteroatoms. The van der Waals surface area contributed by atoms with E-state index in [0.29, 0.717) is 11.3 Å². The van der Waals surface area contributed by atoms with Gasteiger partial charge in [0.2, 0.25) is 0 Å². The molecular formula is C14H9FN4. The highest BCUT2D eigenvalue weighted by atomic mass is 19.1. The van der Waals surface area contributed by atoms with Gasteiger partial charge in [-0.15, -0.1) is 0 Å². The topological polar surface area (TPSA) is 83.4 Å². The summed E-state index contributed by atoms with van der Waals surface area (Å²) >= 11 is 0. The van der Waals surface area contributed by atoms with Crippen molar-refractivity contribution in [1.82, 2.24) is 0 Å². The molecule has 1 saturated carbocycles. The average Bonchev–Trinajstić information content (AvgIpc) is 3.25. The molecule has 19 heavy (non-hydrogen) atoms. The molecule has 4 nitrogen and oxygen atoms in total. The molecule has 1 fully saturated rings. The van der Waals surface area contributed by atoms with E-state index in [0.717, 1.165) is 12.8 Å². The summed E-state index contributed by atoms with van der Waals surface area (Å²) in [4.78, 5) is 0. The fourth-order valence-electron chi connectivity index (χ4n) is 1.76. The van der Waals surface area contributed by atoms with Crippen molar-refractivity contribution in [2.45, 2.75) is 18.8 Å². The van der Waals surface area contributed by atoms with Crippen LogP contribution in [0.3, 0.4) is 0 Å². The van der Waals surface area contributed by atoms with Crippen LogP contribution < -0.4 is 5.32 Å². The zero-order valence-corrected chi connectivity index (χ0v) is 9.94. The van der Waals surface area contributed by atoms with Gasteiger partial charge < -0.3 is 5.32 Å². The number of hydrogen-bond acceptors (Lipinski definition) is 4. The van der Waals surface area contributed by atoms with Crippen LogP contribution in [0.2, 0.25) is 0 Å². The molecule has 0 atom stereocenters. The number of nitrogens with zero attached hydrogens (tertiary/aromatic N) is 3. The molecule has 1 aliphatic carbocycles. The normalized spacial score (nSPS) is 12.7. The minimum Gasteiger partial charge on any atom is -0.345 e. The zero-order chi connectivity index (χ0) is 13.8. The molecule has 0 amide bonds. The van der Waals surface area contributed by atoms with Crippen molar-refractivity contribution in [1.29, 1.82) is 15.8 Å². The van der Waals surface area contributed by atoms with Gasteiger partial charge in [-0.05, 0) is 42.5 Å². The minimum absolute atomic E-state index is 0.127. The van der Waals surface area contributed by atoms with Crippen LogP contribution in [0.5, 0.6) is 0 Å². The second kappa shape index (κ2) is 5.21. The summed E-state index contributed by atoms with van der Waals surface area (Å²) in [6.07, 6.45) is 1.92. The van der Waals surface area contributed by atoms with Gasteiger partial charge in [0.1, 0.15) is 29.7 Å². The van der Waals surface area contributed by atoms with E-state index in [-0.39, 0.29) is 23.0 Å². The summed E-state index contributed by atoms with van der Waals surface area (Å²) in [6, 6.07) is 9.47. The van der Waals surface area contributed by atoms with E-state index >= 15 is 0 Å². The van der Waals surface area contributed by atoms with Crippen LogP contribution in [0.25, 0.3) is 0 Å². The Balaban J connectivity index is 2.32. The smallest absolute Gasteiger partial charge is 0.163 e. The molecule has 0 radical (unpaired) electrons. The SMILES string of the molecule is N#CC(C#N)=C(C#N)Nc1ccc(F)c(C2CC2)c1. The van der Waals surface area contributed by atoms with E-state index < -0.39 is 0 Å². The highest BCUT2D eigenvalue weighted by molar-refractivity contribution is 5.59. The number of nitrogens with one attached hydrogen (secondary N) is 1. The van der Waals surface area contributed by atoms with Gasteiger partial charge in [-0.25, -0.2) is 4.39 Å². The average molecular weight is 252 g/mol. The summed E-state index contributed by atoms with van der Waals surface area (Å²) in [5.74, 6) is -0.0287. The van der Waals surface area contributed by atoms with Crippen LogP contribution in [0, 0.1) is 39.8 Å². The largest absolute Gasteiger partial charge is 0.345 e. The van der Waals surface area contributed by atoms with E-state index in [2.05, 4.69) is 5.32 Å². The lowest BCUT2D eigenvalue weighted by molar-refractivity contribution is 0.611. The Morgan fingerprint density at radius 2 is 1.84 bits per heavy atom. The Bertz CT molecular complexity index is 650. The lowest BCUT2D eigenvalue weighted by atomic mass is 10.1. The standard InChI is InChI=1S/C14H9FN4/c15-13-4-3-11(5-12(13)9-1-2-9)19-14(8-18)10(6-16)7-17/h3-5,9,19H,1-2H2.